The number of ether oxygens (including phenoxy) is 2. The fourth-order valence-corrected chi connectivity index (χ4v) is 1.97. The smallest absolute Gasteiger partial charge is 0.338 e. The van der Waals surface area contributed by atoms with Crippen molar-refractivity contribution in [2.45, 2.75) is 6.92 Å². The summed E-state index contributed by atoms with van der Waals surface area (Å²) < 4.78 is 24.3. The van der Waals surface area contributed by atoms with Gasteiger partial charge in [-0.25, -0.2) is 9.18 Å². The number of hydrogen-bond donors (Lipinski definition) is 1. The largest absolute Gasteiger partial charge is 0.462 e. The average molecular weight is 354 g/mol. The summed E-state index contributed by atoms with van der Waals surface area (Å²) in [6.07, 6.45) is 0. The Morgan fingerprint density at radius 1 is 1.24 bits per heavy atom. The molecular weight excluding hydrogens is 341 g/mol. The zero-order valence-electron chi connectivity index (χ0n) is 11.2. The van der Waals surface area contributed by atoms with Gasteiger partial charge in [0.15, 0.2) is 5.75 Å². The van der Waals surface area contributed by atoms with Crippen LogP contribution >= 0.6 is 15.9 Å². The van der Waals surface area contributed by atoms with Gasteiger partial charge in [-0.3, -0.25) is 0 Å². The van der Waals surface area contributed by atoms with Crippen molar-refractivity contribution >= 4 is 27.6 Å². The quantitative estimate of drug-likeness (QED) is 0.662. The van der Waals surface area contributed by atoms with Crippen molar-refractivity contribution < 1.29 is 18.7 Å². The second-order valence-electron chi connectivity index (χ2n) is 4.15. The molecule has 2 rings (SSSR count). The Balaban J connectivity index is 2.33. The topological polar surface area (TPSA) is 61.5 Å². The van der Waals surface area contributed by atoms with E-state index in [0.717, 1.165) is 0 Å². The first-order valence-electron chi connectivity index (χ1n) is 6.20. The standard InChI is InChI=1S/C15H13BrFNO3/c1-2-20-15(19)9-3-6-12(18)14(7-9)21-13-8-10(17)4-5-11(13)16/h3-8H,2,18H2,1H3. The third-order valence-electron chi connectivity index (χ3n) is 2.64. The van der Waals surface area contributed by atoms with Crippen LogP contribution in [0.2, 0.25) is 0 Å². The number of esters is 1. The van der Waals surface area contributed by atoms with Crippen LogP contribution in [0.15, 0.2) is 40.9 Å². The van der Waals surface area contributed by atoms with E-state index < -0.39 is 11.8 Å². The monoisotopic (exact) mass is 353 g/mol. The molecule has 0 aliphatic rings. The summed E-state index contributed by atoms with van der Waals surface area (Å²) in [5, 5.41) is 0. The first kappa shape index (κ1) is 15.3. The van der Waals surface area contributed by atoms with E-state index in [1.807, 2.05) is 0 Å². The number of nitrogens with two attached hydrogens (primary N) is 1. The molecule has 0 radical (unpaired) electrons. The molecule has 0 amide bonds. The van der Waals surface area contributed by atoms with E-state index in [0.29, 0.717) is 15.7 Å². The maximum Gasteiger partial charge on any atom is 0.338 e. The minimum Gasteiger partial charge on any atom is -0.462 e. The molecule has 110 valence electrons. The Morgan fingerprint density at radius 3 is 2.71 bits per heavy atom. The fourth-order valence-electron chi connectivity index (χ4n) is 1.64. The van der Waals surface area contributed by atoms with Crippen LogP contribution < -0.4 is 10.5 Å². The van der Waals surface area contributed by atoms with E-state index in [9.17, 15) is 9.18 Å². The van der Waals surface area contributed by atoms with E-state index in [1.165, 1.54) is 30.3 Å². The maximum atomic E-state index is 13.3. The van der Waals surface area contributed by atoms with Crippen LogP contribution in [0.4, 0.5) is 10.1 Å². The van der Waals surface area contributed by atoms with Crippen molar-refractivity contribution in [3.8, 4) is 11.5 Å². The molecule has 2 N–H and O–H groups in total. The molecule has 4 nitrogen and oxygen atoms in total. The minimum atomic E-state index is -0.472. The van der Waals surface area contributed by atoms with Gasteiger partial charge in [-0.15, -0.1) is 0 Å². The van der Waals surface area contributed by atoms with E-state index in [-0.39, 0.29) is 18.1 Å². The predicted octanol–water partition coefficient (Wildman–Crippen LogP) is 4.14. The molecule has 0 spiro atoms. The molecule has 0 unspecified atom stereocenters. The lowest BCUT2D eigenvalue weighted by molar-refractivity contribution is 0.0526. The molecule has 2 aromatic rings. The van der Waals surface area contributed by atoms with E-state index in [2.05, 4.69) is 15.9 Å². The average Bonchev–Trinajstić information content (AvgIpc) is 2.45. The minimum absolute atomic E-state index is 0.256. The normalized spacial score (nSPS) is 10.2. The van der Waals surface area contributed by atoms with Gasteiger partial charge in [-0.05, 0) is 53.2 Å². The van der Waals surface area contributed by atoms with Gasteiger partial charge in [0.1, 0.15) is 11.6 Å². The summed E-state index contributed by atoms with van der Waals surface area (Å²) >= 11 is 3.26. The number of anilines is 1. The zero-order valence-corrected chi connectivity index (χ0v) is 12.8. The highest BCUT2D eigenvalue weighted by Gasteiger charge is 2.12. The van der Waals surface area contributed by atoms with Crippen molar-refractivity contribution in [3.05, 3.63) is 52.3 Å². The summed E-state index contributed by atoms with van der Waals surface area (Å²) in [4.78, 5) is 11.7. The van der Waals surface area contributed by atoms with Crippen LogP contribution in [0.3, 0.4) is 0 Å². The number of nitrogen functional groups attached to an aromatic ring is 1. The van der Waals surface area contributed by atoms with Crippen molar-refractivity contribution in [2.24, 2.45) is 0 Å². The van der Waals surface area contributed by atoms with Crippen LogP contribution in [-0.4, -0.2) is 12.6 Å². The maximum absolute atomic E-state index is 13.3. The summed E-state index contributed by atoms with van der Waals surface area (Å²) in [5.41, 5.74) is 6.46. The highest BCUT2D eigenvalue weighted by atomic mass is 79.9. The van der Waals surface area contributed by atoms with E-state index in [4.69, 9.17) is 15.2 Å². The van der Waals surface area contributed by atoms with E-state index in [1.54, 1.807) is 13.0 Å². The lowest BCUT2D eigenvalue weighted by Gasteiger charge is -2.11. The van der Waals surface area contributed by atoms with Gasteiger partial charge in [0.05, 0.1) is 22.3 Å². The van der Waals surface area contributed by atoms with Crippen LogP contribution in [0.5, 0.6) is 11.5 Å². The number of hydrogen-bond acceptors (Lipinski definition) is 4. The number of benzene rings is 2. The Morgan fingerprint density at radius 2 is 2.00 bits per heavy atom. The van der Waals surface area contributed by atoms with Gasteiger partial charge in [-0.1, -0.05) is 0 Å². The molecule has 21 heavy (non-hydrogen) atoms. The Hall–Kier alpha value is -2.08. The SMILES string of the molecule is CCOC(=O)c1ccc(N)c(Oc2cc(F)ccc2Br)c1. The molecule has 0 bridgehead atoms. The van der Waals surface area contributed by atoms with Crippen molar-refractivity contribution in [1.82, 2.24) is 0 Å². The third-order valence-corrected chi connectivity index (χ3v) is 3.29. The number of rotatable bonds is 4. The first-order valence-corrected chi connectivity index (χ1v) is 7.00. The first-order chi connectivity index (χ1) is 10.0. The summed E-state index contributed by atoms with van der Waals surface area (Å²) in [6, 6.07) is 8.59. The molecule has 0 fully saturated rings. The number of carbonyl (C=O) groups is 1. The van der Waals surface area contributed by atoms with E-state index >= 15 is 0 Å². The molecule has 0 saturated heterocycles. The van der Waals surface area contributed by atoms with Crippen molar-refractivity contribution in [2.75, 3.05) is 12.3 Å². The van der Waals surface area contributed by atoms with Gasteiger partial charge in [0.25, 0.3) is 0 Å². The van der Waals surface area contributed by atoms with Crippen molar-refractivity contribution in [3.63, 3.8) is 0 Å². The molecule has 0 saturated carbocycles. The third kappa shape index (κ3) is 3.72. The Kier molecular flexibility index (Phi) is 4.80. The summed E-state index contributed by atoms with van der Waals surface area (Å²) in [7, 11) is 0. The molecule has 0 heterocycles. The summed E-state index contributed by atoms with van der Waals surface area (Å²) in [6.45, 7) is 1.99. The van der Waals surface area contributed by atoms with Crippen LogP contribution in [0.1, 0.15) is 17.3 Å². The van der Waals surface area contributed by atoms with Gasteiger partial charge in [0.2, 0.25) is 0 Å². The zero-order chi connectivity index (χ0) is 15.4. The lowest BCUT2D eigenvalue weighted by Crippen LogP contribution is -2.05. The molecule has 0 aliphatic carbocycles. The molecule has 0 aliphatic heterocycles. The Labute approximate surface area is 129 Å². The van der Waals surface area contributed by atoms with Crippen molar-refractivity contribution in [1.29, 1.82) is 0 Å². The molecule has 0 atom stereocenters. The predicted molar refractivity (Wildman–Crippen MR) is 81.0 cm³/mol. The molecule has 6 heteroatoms. The van der Waals surface area contributed by atoms with Crippen LogP contribution in [-0.2, 0) is 4.74 Å². The molecule has 0 aromatic heterocycles. The van der Waals surface area contributed by atoms with Crippen LogP contribution in [0, 0.1) is 5.82 Å². The second-order valence-corrected chi connectivity index (χ2v) is 5.00. The number of carbonyl (C=O) groups excluding carboxylic acids is 1. The Bertz CT molecular complexity index is 676. The van der Waals surface area contributed by atoms with Gasteiger partial charge in [0, 0.05) is 6.07 Å². The number of halogens is 2. The van der Waals surface area contributed by atoms with Crippen LogP contribution in [0.25, 0.3) is 0 Å². The van der Waals surface area contributed by atoms with Gasteiger partial charge >= 0.3 is 5.97 Å². The fraction of sp³-hybridized carbons (Fsp3) is 0.133. The molecular formula is C15H13BrFNO3. The van der Waals surface area contributed by atoms with Gasteiger partial charge < -0.3 is 15.2 Å². The van der Waals surface area contributed by atoms with Gasteiger partial charge in [-0.2, -0.15) is 0 Å². The summed E-state index contributed by atoms with van der Waals surface area (Å²) in [5.74, 6) is -0.386. The highest BCUT2D eigenvalue weighted by molar-refractivity contribution is 9.10. The lowest BCUT2D eigenvalue weighted by atomic mass is 10.2. The molecule has 2 aromatic carbocycles. The highest BCUT2D eigenvalue weighted by Crippen LogP contribution is 2.33. The second kappa shape index (κ2) is 6.58.